The molecule has 10 heteroatoms. The van der Waals surface area contributed by atoms with Gasteiger partial charge in [0.25, 0.3) is 0 Å². The van der Waals surface area contributed by atoms with Crippen molar-refractivity contribution < 1.29 is 24.3 Å². The van der Waals surface area contributed by atoms with E-state index in [0.717, 1.165) is 25.9 Å². The molecule has 0 spiro atoms. The molecule has 0 radical (unpaired) electrons. The topological polar surface area (TPSA) is 90.7 Å². The van der Waals surface area contributed by atoms with Gasteiger partial charge in [-0.2, -0.15) is 0 Å². The normalized spacial score (nSPS) is 27.1. The summed E-state index contributed by atoms with van der Waals surface area (Å²) in [6.45, 7) is 7.05. The van der Waals surface area contributed by atoms with Gasteiger partial charge in [0.15, 0.2) is 4.34 Å². The molecule has 0 saturated carbocycles. The highest BCUT2D eigenvalue weighted by atomic mass is 32.2. The Morgan fingerprint density at radius 2 is 2.09 bits per heavy atom. The Hall–Kier alpha value is -1.72. The van der Waals surface area contributed by atoms with Crippen LogP contribution in [-0.4, -0.2) is 68.7 Å². The number of thioether (sulfide) groups is 1. The van der Waals surface area contributed by atoms with Gasteiger partial charge in [0.2, 0.25) is 5.91 Å². The number of hydrogen-bond donors (Lipinski definition) is 2. The zero-order valence-corrected chi connectivity index (χ0v) is 21.3. The quantitative estimate of drug-likeness (QED) is 0.438. The van der Waals surface area contributed by atoms with E-state index in [1.54, 1.807) is 18.3 Å². The summed E-state index contributed by atoms with van der Waals surface area (Å²) >= 11 is 4.61. The van der Waals surface area contributed by atoms with Crippen LogP contribution in [0.3, 0.4) is 0 Å². The van der Waals surface area contributed by atoms with Gasteiger partial charge in [0, 0.05) is 29.0 Å². The monoisotopic (exact) mass is 506 g/mol. The number of aliphatic carboxylic acids is 1. The van der Waals surface area contributed by atoms with Crippen molar-refractivity contribution in [1.82, 2.24) is 9.88 Å². The standard InChI is InChI=1S/C23H27N3O4S3/c1-12-18-17(13(2)27)21(28)25(18)19(22(29)30)20(12)33-23-24-15(11-31-23)16-7-6-14(32-16)10-26(3)8-4-5-9-26/h6-7,11-13,17-18,27H,4-5,8-10H2,1-3H3/p+1/t12-,13-,17-,18-/m1/s1. The van der Waals surface area contributed by atoms with Gasteiger partial charge >= 0.3 is 5.97 Å². The molecular formula is C23H28N3O4S3+. The molecule has 0 aromatic carbocycles. The lowest BCUT2D eigenvalue weighted by Crippen LogP contribution is -2.63. The Labute approximate surface area is 205 Å². The number of amides is 1. The van der Waals surface area contributed by atoms with Crippen LogP contribution in [0.4, 0.5) is 0 Å². The first kappa shape index (κ1) is 23.0. The second-order valence-corrected chi connectivity index (χ2v) is 12.9. The molecule has 2 aromatic rings. The highest BCUT2D eigenvalue weighted by molar-refractivity contribution is 8.04. The van der Waals surface area contributed by atoms with E-state index in [1.807, 2.05) is 12.3 Å². The summed E-state index contributed by atoms with van der Waals surface area (Å²) < 4.78 is 1.87. The van der Waals surface area contributed by atoms with Gasteiger partial charge in [-0.05, 0) is 19.1 Å². The lowest BCUT2D eigenvalue weighted by molar-refractivity contribution is -0.910. The number of aromatic nitrogens is 1. The van der Waals surface area contributed by atoms with Crippen molar-refractivity contribution in [2.24, 2.45) is 11.8 Å². The zero-order valence-electron chi connectivity index (χ0n) is 18.9. The predicted octanol–water partition coefficient (Wildman–Crippen LogP) is 3.86. The molecule has 5 heterocycles. The van der Waals surface area contributed by atoms with Crippen LogP contribution in [0.25, 0.3) is 10.6 Å². The van der Waals surface area contributed by atoms with Gasteiger partial charge in [-0.1, -0.05) is 18.7 Å². The molecule has 7 nitrogen and oxygen atoms in total. The molecule has 4 atom stereocenters. The third kappa shape index (κ3) is 3.95. The number of rotatable bonds is 7. The largest absolute Gasteiger partial charge is 0.477 e. The fraction of sp³-hybridized carbons (Fsp3) is 0.522. The van der Waals surface area contributed by atoms with E-state index in [9.17, 15) is 19.8 Å². The Morgan fingerprint density at radius 1 is 1.36 bits per heavy atom. The highest BCUT2D eigenvalue weighted by Crippen LogP contribution is 2.52. The van der Waals surface area contributed by atoms with Crippen LogP contribution in [-0.2, 0) is 16.1 Å². The Kier molecular flexibility index (Phi) is 5.93. The van der Waals surface area contributed by atoms with Gasteiger partial charge < -0.3 is 19.6 Å². The Morgan fingerprint density at radius 3 is 2.76 bits per heavy atom. The van der Waals surface area contributed by atoms with Gasteiger partial charge in [0.05, 0.1) is 53.6 Å². The Bertz CT molecular complexity index is 1130. The third-order valence-electron chi connectivity index (χ3n) is 7.09. The van der Waals surface area contributed by atoms with Crippen LogP contribution in [0.15, 0.2) is 32.5 Å². The molecule has 33 heavy (non-hydrogen) atoms. The number of aliphatic hydroxyl groups is 1. The molecule has 3 aliphatic heterocycles. The van der Waals surface area contributed by atoms with E-state index >= 15 is 0 Å². The van der Waals surface area contributed by atoms with Crippen molar-refractivity contribution in [3.05, 3.63) is 33.0 Å². The molecule has 1 amide bonds. The van der Waals surface area contributed by atoms with Gasteiger partial charge in [-0.3, -0.25) is 4.79 Å². The average Bonchev–Trinajstić information content (AvgIpc) is 3.51. The van der Waals surface area contributed by atoms with Crippen molar-refractivity contribution in [2.75, 3.05) is 20.1 Å². The first-order valence-electron chi connectivity index (χ1n) is 11.2. The van der Waals surface area contributed by atoms with Crippen LogP contribution in [0.1, 0.15) is 31.6 Å². The van der Waals surface area contributed by atoms with Crippen molar-refractivity contribution in [2.45, 2.75) is 49.7 Å². The predicted molar refractivity (Wildman–Crippen MR) is 130 cm³/mol. The van der Waals surface area contributed by atoms with Crippen LogP contribution in [0, 0.1) is 11.8 Å². The van der Waals surface area contributed by atoms with Crippen molar-refractivity contribution in [3.63, 3.8) is 0 Å². The molecule has 3 aliphatic rings. The number of thiophene rings is 1. The summed E-state index contributed by atoms with van der Waals surface area (Å²) in [6.07, 6.45) is 1.80. The zero-order chi connectivity index (χ0) is 23.5. The van der Waals surface area contributed by atoms with E-state index in [4.69, 9.17) is 4.98 Å². The van der Waals surface area contributed by atoms with Gasteiger partial charge in [0.1, 0.15) is 12.2 Å². The van der Waals surface area contributed by atoms with E-state index in [1.165, 1.54) is 58.8 Å². The molecule has 0 unspecified atom stereocenters. The molecule has 2 fully saturated rings. The van der Waals surface area contributed by atoms with E-state index in [0.29, 0.717) is 4.91 Å². The molecule has 0 aliphatic carbocycles. The average molecular weight is 507 g/mol. The minimum absolute atomic E-state index is 0.0390. The SMILES string of the molecule is C[C@@H](O)[C@H]1C(=O)N2C(C(=O)O)=C(Sc3nc(-c4ccc(C[N+]5(C)CCCC5)s4)cs3)[C@H](C)[C@H]12. The highest BCUT2D eigenvalue weighted by Gasteiger charge is 2.60. The number of hydrogen-bond acceptors (Lipinski definition) is 7. The van der Waals surface area contributed by atoms with Crippen LogP contribution in [0.2, 0.25) is 0 Å². The second kappa shape index (κ2) is 8.49. The number of thiazole rings is 1. The number of carboxylic acids is 1. The number of likely N-dealkylation sites (tertiary alicyclic amines) is 1. The lowest BCUT2D eigenvalue weighted by atomic mass is 9.79. The number of carbonyl (C=O) groups is 2. The molecule has 5 rings (SSSR count). The maximum absolute atomic E-state index is 12.5. The summed E-state index contributed by atoms with van der Waals surface area (Å²) in [5, 5.41) is 21.9. The van der Waals surface area contributed by atoms with E-state index in [2.05, 4.69) is 19.2 Å². The van der Waals surface area contributed by atoms with Crippen LogP contribution < -0.4 is 0 Å². The van der Waals surface area contributed by atoms with Gasteiger partial charge in [-0.25, -0.2) is 9.78 Å². The third-order valence-corrected chi connectivity index (χ3v) is 10.4. The summed E-state index contributed by atoms with van der Waals surface area (Å²) in [6, 6.07) is 4.02. The minimum Gasteiger partial charge on any atom is -0.477 e. The Balaban J connectivity index is 1.35. The fourth-order valence-corrected chi connectivity index (χ4v) is 8.71. The smallest absolute Gasteiger partial charge is 0.353 e. The number of quaternary nitrogens is 1. The fourth-order valence-electron chi connectivity index (χ4n) is 5.40. The molecule has 2 N–H and O–H groups in total. The molecule has 0 bridgehead atoms. The number of aliphatic hydroxyl groups excluding tert-OH is 1. The molecule has 176 valence electrons. The number of carboxylic acid groups (broad SMARTS) is 1. The maximum Gasteiger partial charge on any atom is 0.353 e. The van der Waals surface area contributed by atoms with Crippen LogP contribution >= 0.6 is 34.4 Å². The van der Waals surface area contributed by atoms with Crippen molar-refractivity contribution in [1.29, 1.82) is 0 Å². The van der Waals surface area contributed by atoms with E-state index < -0.39 is 18.0 Å². The van der Waals surface area contributed by atoms with Crippen LogP contribution in [0.5, 0.6) is 0 Å². The lowest BCUT2D eigenvalue weighted by Gasteiger charge is -2.46. The number of carbonyl (C=O) groups excluding carboxylic acids is 1. The molecule has 2 saturated heterocycles. The molecular weight excluding hydrogens is 478 g/mol. The summed E-state index contributed by atoms with van der Waals surface area (Å²) in [5.74, 6) is -2.13. The number of β-lactam (4-membered cyclic amide) rings is 1. The summed E-state index contributed by atoms with van der Waals surface area (Å²) in [4.78, 5) is 33.8. The van der Waals surface area contributed by atoms with E-state index in [-0.39, 0.29) is 23.6 Å². The van der Waals surface area contributed by atoms with Crippen molar-refractivity contribution >= 4 is 46.3 Å². The molecule has 2 aromatic heterocycles. The number of fused-ring (bicyclic) bond motifs is 1. The minimum atomic E-state index is -1.11. The first-order valence-corrected chi connectivity index (χ1v) is 13.7. The van der Waals surface area contributed by atoms with Gasteiger partial charge in [-0.15, -0.1) is 22.7 Å². The second-order valence-electron chi connectivity index (χ2n) is 9.57. The summed E-state index contributed by atoms with van der Waals surface area (Å²) in [5.41, 5.74) is 0.948. The maximum atomic E-state index is 12.5. The number of nitrogens with zero attached hydrogens (tertiary/aromatic N) is 3. The first-order chi connectivity index (χ1) is 15.7. The van der Waals surface area contributed by atoms with Crippen molar-refractivity contribution in [3.8, 4) is 10.6 Å². The summed E-state index contributed by atoms with van der Waals surface area (Å²) in [7, 11) is 2.33.